The van der Waals surface area contributed by atoms with E-state index < -0.39 is 0 Å². The Morgan fingerprint density at radius 3 is 2.64 bits per heavy atom. The summed E-state index contributed by atoms with van der Waals surface area (Å²) >= 11 is 3.04. The second-order valence-corrected chi connectivity index (χ2v) is 9.01. The van der Waals surface area contributed by atoms with Gasteiger partial charge in [-0.15, -0.1) is 11.3 Å². The third-order valence-electron chi connectivity index (χ3n) is 4.44. The van der Waals surface area contributed by atoms with Gasteiger partial charge in [-0.2, -0.15) is 0 Å². The Labute approximate surface area is 174 Å². The van der Waals surface area contributed by atoms with E-state index in [0.717, 1.165) is 28.0 Å². The van der Waals surface area contributed by atoms with E-state index in [1.807, 2.05) is 42.6 Å². The van der Waals surface area contributed by atoms with E-state index in [2.05, 4.69) is 40.6 Å². The van der Waals surface area contributed by atoms with Crippen LogP contribution < -0.4 is 5.32 Å². The van der Waals surface area contributed by atoms with Crippen LogP contribution in [0, 0.1) is 19.8 Å². The fourth-order valence-electron chi connectivity index (χ4n) is 2.96. The first kappa shape index (κ1) is 20.6. The van der Waals surface area contributed by atoms with Crippen LogP contribution in [0.1, 0.15) is 41.8 Å². The SMILES string of the molecule is Cc1nc(SCC(=O)NC(c2ccccc2)c2nccs2)n(CC(C)C)c1C. The maximum atomic E-state index is 12.7. The van der Waals surface area contributed by atoms with Crippen molar-refractivity contribution in [2.24, 2.45) is 5.92 Å². The third kappa shape index (κ3) is 5.02. The van der Waals surface area contributed by atoms with Gasteiger partial charge in [-0.05, 0) is 25.3 Å². The van der Waals surface area contributed by atoms with E-state index in [-0.39, 0.29) is 11.9 Å². The summed E-state index contributed by atoms with van der Waals surface area (Å²) in [6.45, 7) is 9.39. The molecule has 1 N–H and O–H groups in total. The minimum absolute atomic E-state index is 0.0246. The van der Waals surface area contributed by atoms with Crippen molar-refractivity contribution < 1.29 is 4.79 Å². The average molecular weight is 415 g/mol. The van der Waals surface area contributed by atoms with Crippen LogP contribution in [0.25, 0.3) is 0 Å². The Balaban J connectivity index is 1.70. The summed E-state index contributed by atoms with van der Waals surface area (Å²) in [7, 11) is 0. The highest BCUT2D eigenvalue weighted by molar-refractivity contribution is 7.99. The topological polar surface area (TPSA) is 59.8 Å². The number of carbonyl (C=O) groups excluding carboxylic acids is 1. The number of carbonyl (C=O) groups is 1. The van der Waals surface area contributed by atoms with Crippen molar-refractivity contribution in [2.45, 2.75) is 45.4 Å². The molecule has 28 heavy (non-hydrogen) atoms. The molecule has 0 spiro atoms. The lowest BCUT2D eigenvalue weighted by atomic mass is 10.1. The standard InChI is InChI=1S/C21H26N4OS2/c1-14(2)12-25-16(4)15(3)23-21(25)28-13-18(26)24-19(20-22-10-11-27-20)17-8-6-5-7-9-17/h5-11,14,19H,12-13H2,1-4H3,(H,24,26). The van der Waals surface area contributed by atoms with Gasteiger partial charge < -0.3 is 9.88 Å². The molecule has 3 rings (SSSR count). The van der Waals surface area contributed by atoms with E-state index >= 15 is 0 Å². The molecule has 0 saturated heterocycles. The predicted molar refractivity (Wildman–Crippen MR) is 116 cm³/mol. The Morgan fingerprint density at radius 1 is 1.25 bits per heavy atom. The van der Waals surface area contributed by atoms with Gasteiger partial charge >= 0.3 is 0 Å². The van der Waals surface area contributed by atoms with Crippen molar-refractivity contribution in [1.82, 2.24) is 19.9 Å². The highest BCUT2D eigenvalue weighted by Gasteiger charge is 2.20. The summed E-state index contributed by atoms with van der Waals surface area (Å²) in [5.74, 6) is 0.819. The molecule has 148 valence electrons. The first-order valence-electron chi connectivity index (χ1n) is 9.36. The number of amides is 1. The van der Waals surface area contributed by atoms with Gasteiger partial charge in [0.15, 0.2) is 5.16 Å². The molecular formula is C21H26N4OS2. The van der Waals surface area contributed by atoms with E-state index in [1.165, 1.54) is 17.5 Å². The van der Waals surface area contributed by atoms with E-state index in [1.54, 1.807) is 17.5 Å². The van der Waals surface area contributed by atoms with Gasteiger partial charge in [0.05, 0.1) is 11.4 Å². The fourth-order valence-corrected chi connectivity index (χ4v) is 4.58. The van der Waals surface area contributed by atoms with Crippen LogP contribution in [0.4, 0.5) is 0 Å². The largest absolute Gasteiger partial charge is 0.342 e. The van der Waals surface area contributed by atoms with Gasteiger partial charge in [0.2, 0.25) is 5.91 Å². The van der Waals surface area contributed by atoms with Gasteiger partial charge in [0.1, 0.15) is 11.0 Å². The van der Waals surface area contributed by atoms with Crippen molar-refractivity contribution in [3.8, 4) is 0 Å². The maximum Gasteiger partial charge on any atom is 0.231 e. The number of imidazole rings is 1. The zero-order valence-corrected chi connectivity index (χ0v) is 18.3. The lowest BCUT2D eigenvalue weighted by Gasteiger charge is -2.17. The monoisotopic (exact) mass is 414 g/mol. The third-order valence-corrected chi connectivity index (χ3v) is 6.26. The normalized spacial score (nSPS) is 12.3. The van der Waals surface area contributed by atoms with Crippen LogP contribution in [-0.2, 0) is 11.3 Å². The molecule has 3 aromatic rings. The van der Waals surface area contributed by atoms with Gasteiger partial charge in [-0.25, -0.2) is 9.97 Å². The molecule has 0 saturated carbocycles. The van der Waals surface area contributed by atoms with Crippen molar-refractivity contribution in [1.29, 1.82) is 0 Å². The van der Waals surface area contributed by atoms with E-state index in [9.17, 15) is 4.79 Å². The molecule has 0 bridgehead atoms. The summed E-state index contributed by atoms with van der Waals surface area (Å²) in [6.07, 6.45) is 1.77. The summed E-state index contributed by atoms with van der Waals surface area (Å²) < 4.78 is 2.22. The van der Waals surface area contributed by atoms with Gasteiger partial charge in [-0.1, -0.05) is 55.9 Å². The van der Waals surface area contributed by atoms with Gasteiger partial charge in [0, 0.05) is 23.8 Å². The number of hydrogen-bond acceptors (Lipinski definition) is 5. The minimum Gasteiger partial charge on any atom is -0.342 e. The van der Waals surface area contributed by atoms with Crippen LogP contribution >= 0.6 is 23.1 Å². The smallest absolute Gasteiger partial charge is 0.231 e. The first-order valence-corrected chi connectivity index (χ1v) is 11.2. The Kier molecular flexibility index (Phi) is 6.91. The van der Waals surface area contributed by atoms with E-state index in [0.29, 0.717) is 11.7 Å². The average Bonchev–Trinajstić information content (AvgIpc) is 3.29. The van der Waals surface area contributed by atoms with Crippen LogP contribution in [0.2, 0.25) is 0 Å². The molecule has 7 heteroatoms. The van der Waals surface area contributed by atoms with Crippen molar-refractivity contribution in [3.63, 3.8) is 0 Å². The van der Waals surface area contributed by atoms with Crippen molar-refractivity contribution in [3.05, 3.63) is 63.9 Å². The molecule has 1 amide bonds. The molecule has 0 aliphatic carbocycles. The Hall–Kier alpha value is -2.12. The van der Waals surface area contributed by atoms with Crippen molar-refractivity contribution >= 4 is 29.0 Å². The summed E-state index contributed by atoms with van der Waals surface area (Å²) in [6, 6.07) is 9.73. The number of nitrogens with zero attached hydrogens (tertiary/aromatic N) is 3. The number of hydrogen-bond donors (Lipinski definition) is 1. The van der Waals surface area contributed by atoms with Crippen molar-refractivity contribution in [2.75, 3.05) is 5.75 Å². The highest BCUT2D eigenvalue weighted by Crippen LogP contribution is 2.25. The Bertz CT molecular complexity index is 904. The van der Waals surface area contributed by atoms with Crippen LogP contribution in [-0.4, -0.2) is 26.2 Å². The molecule has 0 aliphatic rings. The maximum absolute atomic E-state index is 12.7. The first-order chi connectivity index (χ1) is 13.5. The van der Waals surface area contributed by atoms with Crippen LogP contribution in [0.15, 0.2) is 47.1 Å². The molecule has 0 aliphatic heterocycles. The summed E-state index contributed by atoms with van der Waals surface area (Å²) in [5, 5.41) is 6.86. The number of benzene rings is 1. The molecule has 5 nitrogen and oxygen atoms in total. The number of nitrogens with one attached hydrogen (secondary N) is 1. The molecule has 1 aromatic carbocycles. The molecule has 1 unspecified atom stereocenters. The van der Waals surface area contributed by atoms with Gasteiger partial charge in [-0.3, -0.25) is 4.79 Å². The highest BCUT2D eigenvalue weighted by atomic mass is 32.2. The fraction of sp³-hybridized carbons (Fsp3) is 0.381. The molecule has 0 radical (unpaired) electrons. The lowest BCUT2D eigenvalue weighted by Crippen LogP contribution is -2.30. The zero-order valence-electron chi connectivity index (χ0n) is 16.7. The quantitative estimate of drug-likeness (QED) is 0.547. The molecule has 1 atom stereocenters. The number of thioether (sulfide) groups is 1. The van der Waals surface area contributed by atoms with Gasteiger partial charge in [0.25, 0.3) is 0 Å². The summed E-state index contributed by atoms with van der Waals surface area (Å²) in [5.41, 5.74) is 3.22. The van der Waals surface area contributed by atoms with Crippen LogP contribution in [0.3, 0.4) is 0 Å². The van der Waals surface area contributed by atoms with E-state index in [4.69, 9.17) is 0 Å². The number of aromatic nitrogens is 3. The second kappa shape index (κ2) is 9.39. The van der Waals surface area contributed by atoms with Crippen LogP contribution in [0.5, 0.6) is 0 Å². The molecular weight excluding hydrogens is 388 g/mol. The number of thiazole rings is 1. The summed E-state index contributed by atoms with van der Waals surface area (Å²) in [4.78, 5) is 21.8. The predicted octanol–water partition coefficient (Wildman–Crippen LogP) is 4.61. The molecule has 2 aromatic heterocycles. The lowest BCUT2D eigenvalue weighted by molar-refractivity contribution is -0.119. The minimum atomic E-state index is -0.229. The molecule has 2 heterocycles. The Morgan fingerprint density at radius 2 is 2.00 bits per heavy atom. The number of aryl methyl sites for hydroxylation is 1. The number of rotatable bonds is 8. The second-order valence-electron chi connectivity index (χ2n) is 7.14. The zero-order chi connectivity index (χ0) is 20.1. The molecule has 0 fully saturated rings.